The van der Waals surface area contributed by atoms with E-state index in [9.17, 15) is 13.2 Å². The molecule has 1 aromatic carbocycles. The fraction of sp³-hybridized carbons (Fsp3) is 0.533. The molecule has 0 bridgehead atoms. The van der Waals surface area contributed by atoms with Crippen molar-refractivity contribution in [1.82, 2.24) is 5.32 Å². The van der Waals surface area contributed by atoms with Crippen molar-refractivity contribution in [2.75, 3.05) is 12.8 Å². The molecule has 1 aromatic rings. The number of amides is 1. The Bertz CT molecular complexity index is 622. The summed E-state index contributed by atoms with van der Waals surface area (Å²) in [5, 5.41) is 3.03. The minimum Gasteiger partial charge on any atom is -0.352 e. The van der Waals surface area contributed by atoms with Gasteiger partial charge in [-0.05, 0) is 37.0 Å². The van der Waals surface area contributed by atoms with E-state index in [1.54, 1.807) is 6.07 Å². The first-order valence-electron chi connectivity index (χ1n) is 7.16. The Kier molecular flexibility index (Phi) is 5.27. The van der Waals surface area contributed by atoms with Crippen LogP contribution in [0.4, 0.5) is 0 Å². The number of nitrogens with one attached hydrogen (secondary N) is 1. The van der Waals surface area contributed by atoms with Gasteiger partial charge in [-0.1, -0.05) is 30.9 Å². The molecule has 1 fully saturated rings. The van der Waals surface area contributed by atoms with Crippen LogP contribution in [0.25, 0.3) is 0 Å². The largest absolute Gasteiger partial charge is 0.352 e. The molecule has 0 aliphatic heterocycles. The lowest BCUT2D eigenvalue weighted by atomic mass is 9.89. The summed E-state index contributed by atoms with van der Waals surface area (Å²) in [6.07, 6.45) is 7.10. The van der Waals surface area contributed by atoms with E-state index in [1.807, 2.05) is 0 Å². The number of hydrogen-bond donors (Lipinski definition) is 1. The standard InChI is InChI=1S/C15H20ClNO3S/c1-21(19,20)14-9-12(7-8-13(14)16)15(18)17-10-11-5-3-2-4-6-11/h7-9,11H,2-6,10H2,1H3,(H,17,18). The molecule has 0 saturated heterocycles. The van der Waals surface area contributed by atoms with Crippen molar-refractivity contribution in [3.8, 4) is 0 Å². The van der Waals surface area contributed by atoms with E-state index in [0.717, 1.165) is 19.1 Å². The zero-order chi connectivity index (χ0) is 15.5. The molecule has 0 unspecified atom stereocenters. The Hall–Kier alpha value is -1.07. The quantitative estimate of drug-likeness (QED) is 0.923. The first kappa shape index (κ1) is 16.3. The molecule has 0 heterocycles. The van der Waals surface area contributed by atoms with Gasteiger partial charge in [-0.25, -0.2) is 8.42 Å². The molecular formula is C15H20ClNO3S. The van der Waals surface area contributed by atoms with Crippen molar-refractivity contribution < 1.29 is 13.2 Å². The Morgan fingerprint density at radius 1 is 1.29 bits per heavy atom. The molecule has 1 aliphatic rings. The molecule has 0 spiro atoms. The van der Waals surface area contributed by atoms with Crippen LogP contribution in [0.2, 0.25) is 5.02 Å². The molecule has 0 radical (unpaired) electrons. The van der Waals surface area contributed by atoms with Crippen LogP contribution in [-0.2, 0) is 9.84 Å². The smallest absolute Gasteiger partial charge is 0.251 e. The number of halogens is 1. The Morgan fingerprint density at radius 2 is 1.95 bits per heavy atom. The SMILES string of the molecule is CS(=O)(=O)c1cc(C(=O)NCC2CCCCC2)ccc1Cl. The van der Waals surface area contributed by atoms with Crippen LogP contribution in [0.5, 0.6) is 0 Å². The summed E-state index contributed by atoms with van der Waals surface area (Å²) >= 11 is 5.87. The lowest BCUT2D eigenvalue weighted by molar-refractivity contribution is 0.0943. The topological polar surface area (TPSA) is 63.2 Å². The van der Waals surface area contributed by atoms with Gasteiger partial charge in [0.1, 0.15) is 0 Å². The highest BCUT2D eigenvalue weighted by Crippen LogP contribution is 2.24. The second-order valence-electron chi connectivity index (χ2n) is 5.63. The fourth-order valence-corrected chi connectivity index (χ4v) is 3.96. The summed E-state index contributed by atoms with van der Waals surface area (Å²) in [7, 11) is -3.44. The Labute approximate surface area is 130 Å². The molecule has 1 aliphatic carbocycles. The summed E-state index contributed by atoms with van der Waals surface area (Å²) < 4.78 is 23.2. The van der Waals surface area contributed by atoms with Crippen molar-refractivity contribution in [3.05, 3.63) is 28.8 Å². The first-order valence-corrected chi connectivity index (χ1v) is 9.42. The third-order valence-corrected chi connectivity index (χ3v) is 5.45. The normalized spacial score (nSPS) is 16.7. The maximum absolute atomic E-state index is 12.1. The summed E-state index contributed by atoms with van der Waals surface area (Å²) in [5.41, 5.74) is 0.329. The van der Waals surface area contributed by atoms with Crippen LogP contribution in [0.15, 0.2) is 23.1 Å². The van der Waals surface area contributed by atoms with Crippen molar-refractivity contribution in [1.29, 1.82) is 0 Å². The third-order valence-electron chi connectivity index (χ3n) is 3.87. The molecule has 21 heavy (non-hydrogen) atoms. The third kappa shape index (κ3) is 4.45. The average Bonchev–Trinajstić information content (AvgIpc) is 2.45. The number of sulfone groups is 1. The van der Waals surface area contributed by atoms with Crippen LogP contribution in [0.1, 0.15) is 42.5 Å². The van der Waals surface area contributed by atoms with Crippen molar-refractivity contribution in [2.45, 2.75) is 37.0 Å². The zero-order valence-electron chi connectivity index (χ0n) is 12.1. The number of rotatable bonds is 4. The molecule has 4 nitrogen and oxygen atoms in total. The van der Waals surface area contributed by atoms with E-state index in [2.05, 4.69) is 5.32 Å². The van der Waals surface area contributed by atoms with E-state index in [4.69, 9.17) is 11.6 Å². The minimum atomic E-state index is -3.44. The van der Waals surface area contributed by atoms with Crippen LogP contribution >= 0.6 is 11.6 Å². The van der Waals surface area contributed by atoms with Gasteiger partial charge in [0.05, 0.1) is 9.92 Å². The molecule has 1 amide bonds. The average molecular weight is 330 g/mol. The van der Waals surface area contributed by atoms with Crippen LogP contribution in [0.3, 0.4) is 0 Å². The summed E-state index contributed by atoms with van der Waals surface area (Å²) in [4.78, 5) is 12.1. The van der Waals surface area contributed by atoms with Gasteiger partial charge in [0.15, 0.2) is 9.84 Å². The molecule has 6 heteroatoms. The van der Waals surface area contributed by atoms with Gasteiger partial charge in [-0.3, -0.25) is 4.79 Å². The summed E-state index contributed by atoms with van der Waals surface area (Å²) in [6.45, 7) is 0.648. The molecule has 1 saturated carbocycles. The number of carbonyl (C=O) groups excluding carboxylic acids is 1. The van der Waals surface area contributed by atoms with Gasteiger partial charge in [-0.2, -0.15) is 0 Å². The molecule has 2 rings (SSSR count). The predicted octanol–water partition coefficient (Wildman–Crippen LogP) is 3.05. The second kappa shape index (κ2) is 6.79. The van der Waals surface area contributed by atoms with Gasteiger partial charge in [0.25, 0.3) is 5.91 Å². The highest BCUT2D eigenvalue weighted by Gasteiger charge is 2.18. The molecule has 0 aromatic heterocycles. The van der Waals surface area contributed by atoms with Gasteiger partial charge in [-0.15, -0.1) is 0 Å². The van der Waals surface area contributed by atoms with E-state index < -0.39 is 9.84 Å². The molecule has 0 atom stereocenters. The van der Waals surface area contributed by atoms with E-state index in [0.29, 0.717) is 18.0 Å². The van der Waals surface area contributed by atoms with E-state index in [1.165, 1.54) is 31.4 Å². The molecule has 116 valence electrons. The summed E-state index contributed by atoms with van der Waals surface area (Å²) in [5.74, 6) is 0.284. The van der Waals surface area contributed by atoms with Crippen LogP contribution in [0, 0.1) is 5.92 Å². The number of benzene rings is 1. The monoisotopic (exact) mass is 329 g/mol. The first-order chi connectivity index (χ1) is 9.88. The van der Waals surface area contributed by atoms with Gasteiger partial charge >= 0.3 is 0 Å². The van der Waals surface area contributed by atoms with Crippen LogP contribution in [-0.4, -0.2) is 27.1 Å². The molecule has 1 N–H and O–H groups in total. The molecular weight excluding hydrogens is 310 g/mol. The maximum Gasteiger partial charge on any atom is 0.251 e. The van der Waals surface area contributed by atoms with Gasteiger partial charge < -0.3 is 5.32 Å². The van der Waals surface area contributed by atoms with Crippen molar-refractivity contribution >= 4 is 27.3 Å². The second-order valence-corrected chi connectivity index (χ2v) is 8.02. The van der Waals surface area contributed by atoms with E-state index in [-0.39, 0.29) is 15.8 Å². The fourth-order valence-electron chi connectivity index (χ4n) is 2.66. The maximum atomic E-state index is 12.1. The van der Waals surface area contributed by atoms with Gasteiger partial charge in [0, 0.05) is 18.4 Å². The zero-order valence-corrected chi connectivity index (χ0v) is 13.6. The highest BCUT2D eigenvalue weighted by molar-refractivity contribution is 7.90. The lowest BCUT2D eigenvalue weighted by Gasteiger charge is -2.21. The van der Waals surface area contributed by atoms with Gasteiger partial charge in [0.2, 0.25) is 0 Å². The summed E-state index contributed by atoms with van der Waals surface area (Å²) in [6, 6.07) is 4.34. The Morgan fingerprint density at radius 3 is 2.57 bits per heavy atom. The Balaban J connectivity index is 2.05. The number of hydrogen-bond acceptors (Lipinski definition) is 3. The number of carbonyl (C=O) groups is 1. The predicted molar refractivity (Wildman–Crippen MR) is 83.5 cm³/mol. The van der Waals surface area contributed by atoms with Crippen LogP contribution < -0.4 is 5.32 Å². The highest BCUT2D eigenvalue weighted by atomic mass is 35.5. The van der Waals surface area contributed by atoms with Crippen molar-refractivity contribution in [2.24, 2.45) is 5.92 Å². The minimum absolute atomic E-state index is 0.00511. The lowest BCUT2D eigenvalue weighted by Crippen LogP contribution is -2.30. The van der Waals surface area contributed by atoms with Crippen molar-refractivity contribution in [3.63, 3.8) is 0 Å². The van der Waals surface area contributed by atoms with E-state index >= 15 is 0 Å².